The van der Waals surface area contributed by atoms with E-state index in [9.17, 15) is 14.4 Å². The van der Waals surface area contributed by atoms with Crippen molar-refractivity contribution >= 4 is 28.8 Å². The molecule has 0 saturated heterocycles. The second kappa shape index (κ2) is 11.6. The highest BCUT2D eigenvalue weighted by atomic mass is 16.5. The van der Waals surface area contributed by atoms with Gasteiger partial charge >= 0.3 is 6.09 Å². The van der Waals surface area contributed by atoms with Crippen LogP contribution >= 0.6 is 0 Å². The third kappa shape index (κ3) is 6.50. The molecule has 0 saturated carbocycles. The minimum atomic E-state index is -0.877. The van der Waals surface area contributed by atoms with E-state index in [4.69, 9.17) is 9.15 Å². The Kier molecular flexibility index (Phi) is 7.80. The number of furan rings is 1. The quantitative estimate of drug-likeness (QED) is 0.263. The number of H-pyrrole nitrogens is 1. The topological polar surface area (TPSA) is 125 Å². The van der Waals surface area contributed by atoms with Gasteiger partial charge in [-0.3, -0.25) is 9.59 Å². The lowest BCUT2D eigenvalue weighted by Gasteiger charge is -2.18. The van der Waals surface area contributed by atoms with E-state index in [1.165, 1.54) is 6.26 Å². The van der Waals surface area contributed by atoms with Crippen LogP contribution in [-0.2, 0) is 22.6 Å². The van der Waals surface area contributed by atoms with Crippen molar-refractivity contribution in [3.05, 3.63) is 96.1 Å². The number of hydrogen-bond acceptors (Lipinski definition) is 5. The summed E-state index contributed by atoms with van der Waals surface area (Å²) in [6.45, 7) is 0.465. The number of ether oxygens (including phenoxy) is 1. The number of aromatic amines is 1. The van der Waals surface area contributed by atoms with E-state index in [1.54, 1.807) is 12.1 Å². The first-order valence-electron chi connectivity index (χ1n) is 11.2. The molecule has 4 aromatic rings. The molecule has 0 bridgehead atoms. The molecule has 0 aliphatic rings. The number of carbonyl (C=O) groups is 3. The highest BCUT2D eigenvalue weighted by Crippen LogP contribution is 2.19. The normalized spacial score (nSPS) is 11.5. The highest BCUT2D eigenvalue weighted by molar-refractivity contribution is 5.91. The van der Waals surface area contributed by atoms with Crippen molar-refractivity contribution < 1.29 is 23.5 Å². The van der Waals surface area contributed by atoms with Crippen molar-refractivity contribution in [3.63, 3.8) is 0 Å². The molecular weight excluding hydrogens is 448 g/mol. The molecule has 2 heterocycles. The second-order valence-corrected chi connectivity index (χ2v) is 7.85. The number of nitrogens with one attached hydrogen (secondary N) is 4. The van der Waals surface area contributed by atoms with Gasteiger partial charge in [0.05, 0.1) is 6.26 Å². The third-order valence-corrected chi connectivity index (χ3v) is 5.38. The molecule has 9 nitrogen and oxygen atoms in total. The first kappa shape index (κ1) is 23.6. The van der Waals surface area contributed by atoms with E-state index >= 15 is 0 Å². The number of aromatic nitrogens is 1. The monoisotopic (exact) mass is 474 g/mol. The molecule has 9 heteroatoms. The summed E-state index contributed by atoms with van der Waals surface area (Å²) < 4.78 is 10.3. The Bertz CT molecular complexity index is 1270. The van der Waals surface area contributed by atoms with Gasteiger partial charge in [-0.1, -0.05) is 48.5 Å². The lowest BCUT2D eigenvalue weighted by atomic mass is 10.0. The van der Waals surface area contributed by atoms with E-state index < -0.39 is 12.1 Å². The van der Waals surface area contributed by atoms with Crippen LogP contribution in [0.5, 0.6) is 0 Å². The summed E-state index contributed by atoms with van der Waals surface area (Å²) in [6, 6.07) is 19.3. The van der Waals surface area contributed by atoms with Crippen LogP contribution in [0, 0.1) is 0 Å². The van der Waals surface area contributed by atoms with Crippen LogP contribution in [0.15, 0.2) is 83.6 Å². The van der Waals surface area contributed by atoms with Gasteiger partial charge < -0.3 is 30.1 Å². The van der Waals surface area contributed by atoms with E-state index in [1.807, 2.05) is 60.8 Å². The number of para-hydroxylation sites is 1. The summed E-state index contributed by atoms with van der Waals surface area (Å²) in [7, 11) is 0. The summed E-state index contributed by atoms with van der Waals surface area (Å²) in [5.41, 5.74) is 2.66. The molecule has 35 heavy (non-hydrogen) atoms. The molecule has 0 aliphatic heterocycles. The SMILES string of the molecule is O=C(N[C@@H](Cc1c[nH]c2ccccc12)C(=O)NCCNC(=O)c1ccco1)OCc1ccccc1. The van der Waals surface area contributed by atoms with Gasteiger partial charge in [0.1, 0.15) is 12.6 Å². The Balaban J connectivity index is 1.36. The van der Waals surface area contributed by atoms with Crippen LogP contribution in [0.25, 0.3) is 10.9 Å². The average molecular weight is 475 g/mol. The van der Waals surface area contributed by atoms with Crippen molar-refractivity contribution in [3.8, 4) is 0 Å². The third-order valence-electron chi connectivity index (χ3n) is 5.38. The summed E-state index contributed by atoms with van der Waals surface area (Å²) >= 11 is 0. The Hall–Kier alpha value is -4.53. The van der Waals surface area contributed by atoms with Crippen LogP contribution in [-0.4, -0.2) is 42.0 Å². The van der Waals surface area contributed by atoms with Gasteiger partial charge in [-0.2, -0.15) is 0 Å². The first-order valence-corrected chi connectivity index (χ1v) is 11.2. The van der Waals surface area contributed by atoms with Crippen LogP contribution < -0.4 is 16.0 Å². The lowest BCUT2D eigenvalue weighted by Crippen LogP contribution is -2.49. The molecule has 2 aromatic heterocycles. The fourth-order valence-electron chi connectivity index (χ4n) is 3.62. The number of alkyl carbamates (subject to hydrolysis) is 1. The van der Waals surface area contributed by atoms with Gasteiger partial charge in [0.15, 0.2) is 5.76 Å². The Morgan fingerprint density at radius 1 is 0.914 bits per heavy atom. The highest BCUT2D eigenvalue weighted by Gasteiger charge is 2.23. The number of carbonyl (C=O) groups excluding carboxylic acids is 3. The van der Waals surface area contributed by atoms with Crippen LogP contribution in [0.3, 0.4) is 0 Å². The Morgan fingerprint density at radius 2 is 1.69 bits per heavy atom. The second-order valence-electron chi connectivity index (χ2n) is 7.85. The van der Waals surface area contributed by atoms with Crippen LogP contribution in [0.2, 0.25) is 0 Å². The average Bonchev–Trinajstić information content (AvgIpc) is 3.56. The lowest BCUT2D eigenvalue weighted by molar-refractivity contribution is -0.123. The molecule has 1 atom stereocenters. The zero-order valence-electron chi connectivity index (χ0n) is 19.0. The van der Waals surface area contributed by atoms with E-state index in [-0.39, 0.29) is 43.7 Å². The summed E-state index contributed by atoms with van der Waals surface area (Å²) in [5, 5.41) is 9.06. The van der Waals surface area contributed by atoms with Gasteiger partial charge in [-0.25, -0.2) is 4.79 Å². The fourth-order valence-corrected chi connectivity index (χ4v) is 3.62. The van der Waals surface area contributed by atoms with Crippen LogP contribution in [0.4, 0.5) is 4.79 Å². The van der Waals surface area contributed by atoms with Crippen molar-refractivity contribution in [1.82, 2.24) is 20.9 Å². The number of fused-ring (bicyclic) bond motifs is 1. The number of amides is 3. The molecule has 0 radical (unpaired) electrons. The molecule has 3 amide bonds. The summed E-state index contributed by atoms with van der Waals surface area (Å²) in [4.78, 5) is 40.6. The fraction of sp³-hybridized carbons (Fsp3) is 0.192. The zero-order valence-corrected chi connectivity index (χ0v) is 19.0. The maximum absolute atomic E-state index is 13.0. The predicted molar refractivity (Wildman–Crippen MR) is 130 cm³/mol. The maximum Gasteiger partial charge on any atom is 0.408 e. The van der Waals surface area contributed by atoms with E-state index in [2.05, 4.69) is 20.9 Å². The summed E-state index contributed by atoms with van der Waals surface area (Å²) in [6.07, 6.45) is 2.80. The standard InChI is InChI=1S/C26H26N4O5/c31-24(27-12-13-28-25(32)23-11-6-14-34-23)22(15-19-16-29-21-10-5-4-9-20(19)21)30-26(33)35-17-18-7-2-1-3-8-18/h1-11,14,16,22,29H,12-13,15,17H2,(H,27,31)(H,28,32)(H,30,33)/t22-/m0/s1. The van der Waals surface area contributed by atoms with Crippen LogP contribution in [0.1, 0.15) is 21.7 Å². The van der Waals surface area contributed by atoms with Gasteiger partial charge in [0, 0.05) is 36.6 Å². The van der Waals surface area contributed by atoms with E-state index in [0.29, 0.717) is 0 Å². The molecule has 4 N–H and O–H groups in total. The van der Waals surface area contributed by atoms with E-state index in [0.717, 1.165) is 22.0 Å². The molecule has 2 aromatic carbocycles. The number of hydrogen-bond donors (Lipinski definition) is 4. The maximum atomic E-state index is 13.0. The largest absolute Gasteiger partial charge is 0.459 e. The molecular formula is C26H26N4O5. The van der Waals surface area contributed by atoms with Gasteiger partial charge in [0.25, 0.3) is 5.91 Å². The zero-order chi connectivity index (χ0) is 24.5. The van der Waals surface area contributed by atoms with Gasteiger partial charge in [0.2, 0.25) is 5.91 Å². The van der Waals surface area contributed by atoms with Crippen molar-refractivity contribution in [1.29, 1.82) is 0 Å². The molecule has 0 fully saturated rings. The molecule has 0 unspecified atom stereocenters. The Labute approximate surface area is 201 Å². The smallest absolute Gasteiger partial charge is 0.408 e. The minimum absolute atomic E-state index is 0.0902. The molecule has 4 rings (SSSR count). The van der Waals surface area contributed by atoms with Gasteiger partial charge in [-0.15, -0.1) is 0 Å². The number of benzene rings is 2. The molecule has 180 valence electrons. The minimum Gasteiger partial charge on any atom is -0.459 e. The summed E-state index contributed by atoms with van der Waals surface area (Å²) in [5.74, 6) is -0.572. The van der Waals surface area contributed by atoms with Gasteiger partial charge in [-0.05, 0) is 29.3 Å². The van der Waals surface area contributed by atoms with Crippen molar-refractivity contribution in [2.45, 2.75) is 19.1 Å². The Morgan fingerprint density at radius 3 is 2.49 bits per heavy atom. The molecule has 0 spiro atoms. The van der Waals surface area contributed by atoms with Crippen molar-refractivity contribution in [2.75, 3.05) is 13.1 Å². The van der Waals surface area contributed by atoms with Crippen molar-refractivity contribution in [2.24, 2.45) is 0 Å². The predicted octanol–water partition coefficient (Wildman–Crippen LogP) is 3.14. The number of rotatable bonds is 10. The molecule has 0 aliphatic carbocycles. The first-order chi connectivity index (χ1) is 17.1.